The van der Waals surface area contributed by atoms with Crippen LogP contribution in [-0.4, -0.2) is 19.1 Å². The van der Waals surface area contributed by atoms with E-state index in [0.717, 1.165) is 12.8 Å². The molecule has 3 aromatic rings. The highest BCUT2D eigenvalue weighted by atomic mass is 16.5. The molecule has 0 saturated heterocycles. The van der Waals surface area contributed by atoms with E-state index in [1.165, 1.54) is 15.3 Å². The van der Waals surface area contributed by atoms with Gasteiger partial charge in [-0.25, -0.2) is 9.78 Å². The molecule has 0 atom stereocenters. The van der Waals surface area contributed by atoms with Crippen molar-refractivity contribution in [1.29, 1.82) is 0 Å². The van der Waals surface area contributed by atoms with Crippen LogP contribution in [0.25, 0.3) is 11.0 Å². The molecule has 3 rings (SSSR count). The number of rotatable bonds is 5. The molecule has 7 nitrogen and oxygen atoms in total. The van der Waals surface area contributed by atoms with Gasteiger partial charge in [-0.3, -0.25) is 18.9 Å². The van der Waals surface area contributed by atoms with Crippen LogP contribution in [0.15, 0.2) is 46.4 Å². The molecule has 0 radical (unpaired) electrons. The highest BCUT2D eigenvalue weighted by molar-refractivity contribution is 5.75. The minimum atomic E-state index is -0.352. The topological polar surface area (TPSA) is 79.0 Å². The standard InChI is InChI=1S/C17H18N4O3/c1-3-4-8-21-16(22)14-9-13(24-12-6-5-7-18-10-12)11-19-15(14)20(2)17(21)23/h5-7,9-11H,3-4,8H2,1-2H3. The maximum Gasteiger partial charge on any atom is 0.332 e. The number of unbranched alkanes of at least 4 members (excludes halogenated alkanes) is 1. The summed E-state index contributed by atoms with van der Waals surface area (Å²) in [7, 11) is 1.61. The van der Waals surface area contributed by atoms with E-state index in [1.54, 1.807) is 37.6 Å². The number of aryl methyl sites for hydroxylation is 1. The molecule has 0 aliphatic rings. The molecule has 0 fully saturated rings. The third-order valence-electron chi connectivity index (χ3n) is 3.76. The molecule has 24 heavy (non-hydrogen) atoms. The van der Waals surface area contributed by atoms with E-state index in [1.807, 2.05) is 6.92 Å². The molecule has 0 saturated carbocycles. The van der Waals surface area contributed by atoms with E-state index >= 15 is 0 Å². The van der Waals surface area contributed by atoms with Crippen molar-refractivity contribution in [3.05, 3.63) is 57.6 Å². The van der Waals surface area contributed by atoms with Gasteiger partial charge in [0.25, 0.3) is 5.56 Å². The van der Waals surface area contributed by atoms with E-state index in [9.17, 15) is 9.59 Å². The van der Waals surface area contributed by atoms with Gasteiger partial charge in [0, 0.05) is 19.8 Å². The van der Waals surface area contributed by atoms with Crippen LogP contribution in [0.1, 0.15) is 19.8 Å². The minimum absolute atomic E-state index is 0.342. The maximum absolute atomic E-state index is 12.7. The van der Waals surface area contributed by atoms with Crippen molar-refractivity contribution in [2.75, 3.05) is 0 Å². The van der Waals surface area contributed by atoms with Crippen LogP contribution in [0, 0.1) is 0 Å². The zero-order chi connectivity index (χ0) is 17.1. The van der Waals surface area contributed by atoms with Crippen molar-refractivity contribution < 1.29 is 4.74 Å². The van der Waals surface area contributed by atoms with Crippen LogP contribution in [0.2, 0.25) is 0 Å². The van der Waals surface area contributed by atoms with E-state index in [-0.39, 0.29) is 11.2 Å². The Labute approximate surface area is 138 Å². The summed E-state index contributed by atoms with van der Waals surface area (Å²) >= 11 is 0. The Morgan fingerprint density at radius 3 is 2.75 bits per heavy atom. The molecule has 0 aliphatic heterocycles. The first kappa shape index (κ1) is 15.9. The predicted octanol–water partition coefficient (Wildman–Crippen LogP) is 2.08. The first-order chi connectivity index (χ1) is 11.6. The van der Waals surface area contributed by atoms with Crippen molar-refractivity contribution in [2.24, 2.45) is 7.05 Å². The van der Waals surface area contributed by atoms with Crippen LogP contribution >= 0.6 is 0 Å². The molecule has 124 valence electrons. The second-order valence-corrected chi connectivity index (χ2v) is 5.48. The zero-order valence-corrected chi connectivity index (χ0v) is 13.6. The summed E-state index contributed by atoms with van der Waals surface area (Å²) in [5.74, 6) is 0.975. The average molecular weight is 326 g/mol. The van der Waals surface area contributed by atoms with E-state index < -0.39 is 0 Å². The Kier molecular flexibility index (Phi) is 4.41. The summed E-state index contributed by atoms with van der Waals surface area (Å²) in [5, 5.41) is 0.356. The van der Waals surface area contributed by atoms with Crippen molar-refractivity contribution in [1.82, 2.24) is 19.1 Å². The normalized spacial score (nSPS) is 10.9. The number of ether oxygens (including phenoxy) is 1. The number of aromatic nitrogens is 4. The summed E-state index contributed by atoms with van der Waals surface area (Å²) in [6.45, 7) is 2.41. The average Bonchev–Trinajstić information content (AvgIpc) is 2.61. The molecule has 7 heteroatoms. The van der Waals surface area contributed by atoms with Gasteiger partial charge in [0.05, 0.1) is 17.8 Å². The van der Waals surface area contributed by atoms with Crippen molar-refractivity contribution >= 4 is 11.0 Å². The monoisotopic (exact) mass is 326 g/mol. The molecular weight excluding hydrogens is 308 g/mol. The smallest absolute Gasteiger partial charge is 0.332 e. The van der Waals surface area contributed by atoms with Gasteiger partial charge in [-0.1, -0.05) is 13.3 Å². The van der Waals surface area contributed by atoms with Gasteiger partial charge in [0.2, 0.25) is 0 Å². The molecule has 0 spiro atoms. The predicted molar refractivity (Wildman–Crippen MR) is 90.5 cm³/mol. The quantitative estimate of drug-likeness (QED) is 0.717. The summed E-state index contributed by atoms with van der Waals surface area (Å²) < 4.78 is 8.31. The van der Waals surface area contributed by atoms with Crippen LogP contribution in [-0.2, 0) is 13.6 Å². The van der Waals surface area contributed by atoms with Crippen LogP contribution in [0.3, 0.4) is 0 Å². The molecule has 0 N–H and O–H groups in total. The van der Waals surface area contributed by atoms with E-state index in [0.29, 0.717) is 29.1 Å². The molecule has 0 aliphatic carbocycles. The van der Waals surface area contributed by atoms with E-state index in [2.05, 4.69) is 9.97 Å². The molecule has 0 amide bonds. The van der Waals surface area contributed by atoms with Gasteiger partial charge >= 0.3 is 5.69 Å². The van der Waals surface area contributed by atoms with Gasteiger partial charge in [0.1, 0.15) is 17.1 Å². The second-order valence-electron chi connectivity index (χ2n) is 5.48. The lowest BCUT2D eigenvalue weighted by Gasteiger charge is -2.11. The van der Waals surface area contributed by atoms with E-state index in [4.69, 9.17) is 4.74 Å². The molecule has 0 bridgehead atoms. The first-order valence-electron chi connectivity index (χ1n) is 7.79. The molecule has 3 heterocycles. The Bertz CT molecular complexity index is 977. The lowest BCUT2D eigenvalue weighted by Crippen LogP contribution is -2.39. The number of nitrogens with zero attached hydrogens (tertiary/aromatic N) is 4. The Hall–Kier alpha value is -2.96. The van der Waals surface area contributed by atoms with Crippen LogP contribution < -0.4 is 16.0 Å². The van der Waals surface area contributed by atoms with Crippen molar-refractivity contribution in [3.63, 3.8) is 0 Å². The highest BCUT2D eigenvalue weighted by Gasteiger charge is 2.13. The summed E-state index contributed by atoms with van der Waals surface area (Å²) in [4.78, 5) is 33.2. The Morgan fingerprint density at radius 2 is 2.04 bits per heavy atom. The lowest BCUT2D eigenvalue weighted by molar-refractivity contribution is 0.478. The Balaban J connectivity index is 2.11. The van der Waals surface area contributed by atoms with Gasteiger partial charge < -0.3 is 4.74 Å². The van der Waals surface area contributed by atoms with Crippen LogP contribution in [0.4, 0.5) is 0 Å². The Morgan fingerprint density at radius 1 is 1.21 bits per heavy atom. The van der Waals surface area contributed by atoms with Crippen LogP contribution in [0.5, 0.6) is 11.5 Å². The molecule has 0 unspecified atom stereocenters. The van der Waals surface area contributed by atoms with Crippen molar-refractivity contribution in [2.45, 2.75) is 26.3 Å². The summed E-state index contributed by atoms with van der Waals surface area (Å²) in [6.07, 6.45) is 6.37. The molecule has 3 aromatic heterocycles. The maximum atomic E-state index is 12.7. The first-order valence-corrected chi connectivity index (χ1v) is 7.79. The fraction of sp³-hybridized carbons (Fsp3) is 0.294. The highest BCUT2D eigenvalue weighted by Crippen LogP contribution is 2.21. The third-order valence-corrected chi connectivity index (χ3v) is 3.76. The fourth-order valence-corrected chi connectivity index (χ4v) is 2.48. The van der Waals surface area contributed by atoms with Crippen molar-refractivity contribution in [3.8, 4) is 11.5 Å². The van der Waals surface area contributed by atoms with Gasteiger partial charge in [-0.2, -0.15) is 0 Å². The fourth-order valence-electron chi connectivity index (χ4n) is 2.48. The summed E-state index contributed by atoms with van der Waals surface area (Å²) in [6, 6.07) is 5.13. The summed E-state index contributed by atoms with van der Waals surface area (Å²) in [5.41, 5.74) is -0.351. The lowest BCUT2D eigenvalue weighted by atomic mass is 10.3. The zero-order valence-electron chi connectivity index (χ0n) is 13.6. The number of fused-ring (bicyclic) bond motifs is 1. The SMILES string of the molecule is CCCCn1c(=O)c2cc(Oc3cccnc3)cnc2n(C)c1=O. The van der Waals surface area contributed by atoms with Gasteiger partial charge in [-0.15, -0.1) is 0 Å². The minimum Gasteiger partial charge on any atom is -0.454 e. The molecule has 0 aromatic carbocycles. The number of hydrogen-bond donors (Lipinski definition) is 0. The molecular formula is C17H18N4O3. The number of pyridine rings is 2. The van der Waals surface area contributed by atoms with Gasteiger partial charge in [-0.05, 0) is 24.6 Å². The van der Waals surface area contributed by atoms with Gasteiger partial charge in [0.15, 0.2) is 0 Å². The third kappa shape index (κ3) is 2.92. The number of hydrogen-bond acceptors (Lipinski definition) is 5. The largest absolute Gasteiger partial charge is 0.454 e. The second kappa shape index (κ2) is 6.66.